The first-order valence-electron chi connectivity index (χ1n) is 7.29. The fraction of sp³-hybridized carbons (Fsp3) is 0.500. The van der Waals surface area contributed by atoms with E-state index in [0.29, 0.717) is 5.92 Å². The molecule has 1 atom stereocenters. The topological polar surface area (TPSA) is 47.0 Å². The van der Waals surface area contributed by atoms with Gasteiger partial charge in [0.2, 0.25) is 0 Å². The quantitative estimate of drug-likeness (QED) is 0.883. The first kappa shape index (κ1) is 15.9. The van der Waals surface area contributed by atoms with Gasteiger partial charge in [-0.1, -0.05) is 30.5 Å². The molecule has 0 radical (unpaired) electrons. The third kappa shape index (κ3) is 3.80. The average molecular weight is 305 g/mol. The summed E-state index contributed by atoms with van der Waals surface area (Å²) in [7, 11) is 1.97. The van der Waals surface area contributed by atoms with E-state index < -0.39 is 0 Å². The van der Waals surface area contributed by atoms with Crippen molar-refractivity contribution in [3.8, 4) is 5.75 Å². The molecule has 0 bridgehead atoms. The second-order valence-electron chi connectivity index (χ2n) is 5.63. The Morgan fingerprint density at radius 3 is 2.29 bits per heavy atom. The first-order valence-corrected chi connectivity index (χ1v) is 8.06. The van der Waals surface area contributed by atoms with Gasteiger partial charge in [0.1, 0.15) is 5.75 Å². The predicted octanol–water partition coefficient (Wildman–Crippen LogP) is 3.76. The van der Waals surface area contributed by atoms with E-state index in [1.807, 2.05) is 33.0 Å². The van der Waals surface area contributed by atoms with E-state index in [9.17, 15) is 0 Å². The summed E-state index contributed by atoms with van der Waals surface area (Å²) in [4.78, 5) is 1.19. The Hall–Kier alpha value is -1.46. The standard InChI is InChI=1S/C16H23N3OS/c1-10(2)14-16(21-19-18-14)15(17-5)12-6-8-13(9-7-12)20-11(3)4/h6-11,15,17H,1-5H3. The zero-order valence-corrected chi connectivity index (χ0v) is 14.1. The van der Waals surface area contributed by atoms with Gasteiger partial charge in [-0.15, -0.1) is 5.10 Å². The van der Waals surface area contributed by atoms with Crippen molar-refractivity contribution in [3.05, 3.63) is 40.4 Å². The molecule has 1 aromatic carbocycles. The Morgan fingerprint density at radius 1 is 1.10 bits per heavy atom. The number of nitrogens with zero attached hydrogens (tertiary/aromatic N) is 2. The van der Waals surface area contributed by atoms with E-state index in [1.54, 1.807) is 0 Å². The minimum absolute atomic E-state index is 0.121. The lowest BCUT2D eigenvalue weighted by molar-refractivity contribution is 0.242. The molecule has 0 aliphatic carbocycles. The van der Waals surface area contributed by atoms with E-state index in [0.717, 1.165) is 11.4 Å². The summed E-state index contributed by atoms with van der Waals surface area (Å²) in [6.07, 6.45) is 0.189. The number of hydrogen-bond acceptors (Lipinski definition) is 5. The van der Waals surface area contributed by atoms with Crippen LogP contribution in [0.3, 0.4) is 0 Å². The van der Waals surface area contributed by atoms with Crippen molar-refractivity contribution in [3.63, 3.8) is 0 Å². The number of ether oxygens (including phenoxy) is 1. The maximum absolute atomic E-state index is 5.69. The molecule has 4 nitrogen and oxygen atoms in total. The predicted molar refractivity (Wildman–Crippen MR) is 87.1 cm³/mol. The van der Waals surface area contributed by atoms with E-state index in [4.69, 9.17) is 4.74 Å². The molecule has 0 aliphatic rings. The lowest BCUT2D eigenvalue weighted by atomic mass is 10.0. The van der Waals surface area contributed by atoms with Gasteiger partial charge in [0.15, 0.2) is 0 Å². The molecule has 0 saturated heterocycles. The molecule has 1 aromatic heterocycles. The van der Waals surface area contributed by atoms with Crippen molar-refractivity contribution >= 4 is 11.5 Å². The van der Waals surface area contributed by atoms with Crippen molar-refractivity contribution < 1.29 is 4.74 Å². The molecule has 2 aromatic rings. The van der Waals surface area contributed by atoms with Crippen LogP contribution in [0.25, 0.3) is 0 Å². The Balaban J connectivity index is 2.27. The van der Waals surface area contributed by atoms with E-state index in [-0.39, 0.29) is 12.1 Å². The van der Waals surface area contributed by atoms with Crippen molar-refractivity contribution in [2.45, 2.75) is 45.8 Å². The summed E-state index contributed by atoms with van der Waals surface area (Å²) in [6.45, 7) is 8.35. The van der Waals surface area contributed by atoms with Crippen LogP contribution >= 0.6 is 11.5 Å². The molecular weight excluding hydrogens is 282 g/mol. The highest BCUT2D eigenvalue weighted by atomic mass is 32.1. The van der Waals surface area contributed by atoms with Gasteiger partial charge in [0, 0.05) is 0 Å². The summed E-state index contributed by atoms with van der Waals surface area (Å²) in [5.74, 6) is 1.27. The Kier molecular flexibility index (Phi) is 5.31. The number of rotatable bonds is 6. The molecule has 2 rings (SSSR count). The minimum atomic E-state index is 0.121. The zero-order chi connectivity index (χ0) is 15.4. The van der Waals surface area contributed by atoms with Crippen LogP contribution in [0, 0.1) is 0 Å². The SMILES string of the molecule is CNC(c1ccc(OC(C)C)cc1)c1snnc1C(C)C. The molecule has 0 amide bonds. The lowest BCUT2D eigenvalue weighted by Gasteiger charge is -2.18. The molecule has 21 heavy (non-hydrogen) atoms. The second-order valence-corrected chi connectivity index (χ2v) is 6.42. The van der Waals surface area contributed by atoms with Gasteiger partial charge >= 0.3 is 0 Å². The maximum atomic E-state index is 5.69. The molecular formula is C16H23N3OS. The molecule has 114 valence electrons. The van der Waals surface area contributed by atoms with E-state index in [2.05, 4.69) is 40.9 Å². The Labute approximate surface area is 130 Å². The van der Waals surface area contributed by atoms with Crippen LogP contribution in [-0.4, -0.2) is 22.7 Å². The van der Waals surface area contributed by atoms with Crippen LogP contribution < -0.4 is 10.1 Å². The highest BCUT2D eigenvalue weighted by molar-refractivity contribution is 7.05. The molecule has 0 fully saturated rings. The van der Waals surface area contributed by atoms with Crippen molar-refractivity contribution in [1.29, 1.82) is 0 Å². The Morgan fingerprint density at radius 2 is 1.76 bits per heavy atom. The summed E-state index contributed by atoms with van der Waals surface area (Å²) in [6, 6.07) is 8.35. The number of hydrogen-bond donors (Lipinski definition) is 1. The van der Waals surface area contributed by atoms with Crippen LogP contribution in [0.1, 0.15) is 55.8 Å². The smallest absolute Gasteiger partial charge is 0.119 e. The fourth-order valence-corrected chi connectivity index (χ4v) is 3.21. The molecule has 1 heterocycles. The van der Waals surface area contributed by atoms with E-state index >= 15 is 0 Å². The average Bonchev–Trinajstić information content (AvgIpc) is 2.90. The first-order chi connectivity index (χ1) is 10.0. The molecule has 0 saturated carbocycles. The molecule has 1 unspecified atom stereocenters. The third-order valence-corrected chi connectivity index (χ3v) is 4.03. The maximum Gasteiger partial charge on any atom is 0.119 e. The van der Waals surface area contributed by atoms with Crippen LogP contribution in [0.2, 0.25) is 0 Å². The normalized spacial score (nSPS) is 12.9. The fourth-order valence-electron chi connectivity index (χ4n) is 2.27. The Bertz CT molecular complexity index is 563. The van der Waals surface area contributed by atoms with Gasteiger partial charge in [-0.05, 0) is 56.0 Å². The lowest BCUT2D eigenvalue weighted by Crippen LogP contribution is -2.18. The number of benzene rings is 1. The highest BCUT2D eigenvalue weighted by Gasteiger charge is 2.21. The van der Waals surface area contributed by atoms with Crippen LogP contribution in [-0.2, 0) is 0 Å². The highest BCUT2D eigenvalue weighted by Crippen LogP contribution is 2.31. The molecule has 0 aliphatic heterocycles. The summed E-state index contributed by atoms with van der Waals surface area (Å²) < 4.78 is 9.81. The van der Waals surface area contributed by atoms with Gasteiger partial charge in [-0.25, -0.2) is 0 Å². The third-order valence-electron chi connectivity index (χ3n) is 3.22. The molecule has 0 spiro atoms. The molecule has 5 heteroatoms. The van der Waals surface area contributed by atoms with Gasteiger partial charge in [-0.3, -0.25) is 0 Å². The zero-order valence-electron chi connectivity index (χ0n) is 13.3. The molecule has 1 N–H and O–H groups in total. The second kappa shape index (κ2) is 7.00. The van der Waals surface area contributed by atoms with Crippen molar-refractivity contribution in [1.82, 2.24) is 14.9 Å². The van der Waals surface area contributed by atoms with Gasteiger partial charge in [-0.2, -0.15) is 0 Å². The van der Waals surface area contributed by atoms with Gasteiger partial charge in [0.05, 0.1) is 22.7 Å². The van der Waals surface area contributed by atoms with Crippen LogP contribution in [0.5, 0.6) is 5.75 Å². The monoisotopic (exact) mass is 305 g/mol. The summed E-state index contributed by atoms with van der Waals surface area (Å²) in [5, 5.41) is 7.64. The van der Waals surface area contributed by atoms with Crippen molar-refractivity contribution in [2.24, 2.45) is 0 Å². The van der Waals surface area contributed by atoms with Crippen LogP contribution in [0.4, 0.5) is 0 Å². The largest absolute Gasteiger partial charge is 0.491 e. The number of nitrogens with one attached hydrogen (secondary N) is 1. The minimum Gasteiger partial charge on any atom is -0.491 e. The van der Waals surface area contributed by atoms with Crippen LogP contribution in [0.15, 0.2) is 24.3 Å². The van der Waals surface area contributed by atoms with Crippen molar-refractivity contribution in [2.75, 3.05) is 7.05 Å². The summed E-state index contributed by atoms with van der Waals surface area (Å²) >= 11 is 1.47. The summed E-state index contributed by atoms with van der Waals surface area (Å²) in [5.41, 5.74) is 2.27. The van der Waals surface area contributed by atoms with Gasteiger partial charge < -0.3 is 10.1 Å². The van der Waals surface area contributed by atoms with Gasteiger partial charge in [0.25, 0.3) is 0 Å². The van der Waals surface area contributed by atoms with E-state index in [1.165, 1.54) is 22.0 Å². The number of aromatic nitrogens is 2.